The Balaban J connectivity index is 1.52. The number of amides is 1. The molecule has 1 amide bonds. The second-order valence-electron chi connectivity index (χ2n) is 6.69. The Morgan fingerprint density at radius 2 is 1.78 bits per heavy atom. The Morgan fingerprint density at radius 3 is 2.48 bits per heavy atom. The van der Waals surface area contributed by atoms with Crippen LogP contribution < -0.4 is 0 Å². The van der Waals surface area contributed by atoms with E-state index < -0.39 is 0 Å². The van der Waals surface area contributed by atoms with Crippen LogP contribution in [0.2, 0.25) is 0 Å². The molecule has 0 fully saturated rings. The summed E-state index contributed by atoms with van der Waals surface area (Å²) in [5, 5.41) is 0. The van der Waals surface area contributed by atoms with Crippen LogP contribution in [0, 0.1) is 6.92 Å². The van der Waals surface area contributed by atoms with E-state index in [2.05, 4.69) is 24.0 Å². The van der Waals surface area contributed by atoms with Crippen molar-refractivity contribution in [1.29, 1.82) is 0 Å². The van der Waals surface area contributed by atoms with Crippen LogP contribution in [0.4, 0.5) is 0 Å². The SMILES string of the molecule is CCN(CCc1ccccc1)C(=O)CCc1ncc(-c2ccc(C)cc2)o1. The summed E-state index contributed by atoms with van der Waals surface area (Å²) in [5.74, 6) is 1.50. The number of rotatable bonds is 8. The van der Waals surface area contributed by atoms with E-state index in [1.165, 1.54) is 11.1 Å². The Morgan fingerprint density at radius 1 is 1.04 bits per heavy atom. The van der Waals surface area contributed by atoms with Crippen molar-refractivity contribution in [1.82, 2.24) is 9.88 Å². The quantitative estimate of drug-likeness (QED) is 0.585. The van der Waals surface area contributed by atoms with Gasteiger partial charge in [-0.25, -0.2) is 4.98 Å². The highest BCUT2D eigenvalue weighted by Gasteiger charge is 2.14. The van der Waals surface area contributed by atoms with Crippen molar-refractivity contribution in [3.05, 3.63) is 77.8 Å². The second kappa shape index (κ2) is 9.17. The zero-order valence-electron chi connectivity index (χ0n) is 16.0. The minimum Gasteiger partial charge on any atom is -0.441 e. The van der Waals surface area contributed by atoms with E-state index in [-0.39, 0.29) is 5.91 Å². The predicted molar refractivity (Wildman–Crippen MR) is 107 cm³/mol. The largest absolute Gasteiger partial charge is 0.441 e. The van der Waals surface area contributed by atoms with Crippen LogP contribution in [0.25, 0.3) is 11.3 Å². The Labute approximate surface area is 160 Å². The van der Waals surface area contributed by atoms with Crippen molar-refractivity contribution in [3.8, 4) is 11.3 Å². The van der Waals surface area contributed by atoms with E-state index >= 15 is 0 Å². The normalized spacial score (nSPS) is 10.7. The lowest BCUT2D eigenvalue weighted by atomic mass is 10.1. The molecule has 0 aliphatic rings. The monoisotopic (exact) mass is 362 g/mol. The van der Waals surface area contributed by atoms with Gasteiger partial charge in [0.1, 0.15) is 0 Å². The van der Waals surface area contributed by atoms with Crippen molar-refractivity contribution in [2.75, 3.05) is 13.1 Å². The standard InChI is InChI=1S/C23H26N2O2/c1-3-25(16-15-19-7-5-4-6-8-19)23(26)14-13-22-24-17-21(27-22)20-11-9-18(2)10-12-20/h4-12,17H,3,13-16H2,1-2H3. The van der Waals surface area contributed by atoms with Crippen LogP contribution in [0.15, 0.2) is 65.2 Å². The number of likely N-dealkylation sites (N-methyl/N-ethyl adjacent to an activating group) is 1. The number of carbonyl (C=O) groups is 1. The summed E-state index contributed by atoms with van der Waals surface area (Å²) in [6.45, 7) is 5.52. The van der Waals surface area contributed by atoms with Crippen molar-refractivity contribution in [2.45, 2.75) is 33.1 Å². The van der Waals surface area contributed by atoms with Crippen molar-refractivity contribution in [3.63, 3.8) is 0 Å². The number of hydrogen-bond acceptors (Lipinski definition) is 3. The number of aryl methyl sites for hydroxylation is 2. The molecule has 4 heteroatoms. The third-order valence-corrected chi connectivity index (χ3v) is 4.69. The fraction of sp³-hybridized carbons (Fsp3) is 0.304. The molecule has 1 heterocycles. The van der Waals surface area contributed by atoms with Gasteiger partial charge in [-0.15, -0.1) is 0 Å². The zero-order chi connectivity index (χ0) is 19.1. The molecule has 2 aromatic carbocycles. The molecule has 0 aliphatic carbocycles. The summed E-state index contributed by atoms with van der Waals surface area (Å²) in [6.07, 6.45) is 3.54. The predicted octanol–water partition coefficient (Wildman–Crippen LogP) is 4.67. The lowest BCUT2D eigenvalue weighted by Gasteiger charge is -2.20. The van der Waals surface area contributed by atoms with E-state index in [1.54, 1.807) is 6.20 Å². The first-order valence-corrected chi connectivity index (χ1v) is 9.49. The summed E-state index contributed by atoms with van der Waals surface area (Å²) in [4.78, 5) is 18.8. The van der Waals surface area contributed by atoms with Gasteiger partial charge in [0.15, 0.2) is 11.7 Å². The molecule has 0 saturated carbocycles. The molecule has 0 bridgehead atoms. The van der Waals surface area contributed by atoms with Crippen molar-refractivity contribution in [2.24, 2.45) is 0 Å². The average Bonchev–Trinajstić information content (AvgIpc) is 3.17. The molecule has 0 aliphatic heterocycles. The zero-order valence-corrected chi connectivity index (χ0v) is 16.0. The molecule has 0 unspecified atom stereocenters. The van der Waals surface area contributed by atoms with Crippen molar-refractivity contribution < 1.29 is 9.21 Å². The third-order valence-electron chi connectivity index (χ3n) is 4.69. The van der Waals surface area contributed by atoms with Crippen LogP contribution >= 0.6 is 0 Å². The maximum absolute atomic E-state index is 12.5. The smallest absolute Gasteiger partial charge is 0.223 e. The minimum atomic E-state index is 0.142. The van der Waals surface area contributed by atoms with Gasteiger partial charge in [0.05, 0.1) is 6.20 Å². The minimum absolute atomic E-state index is 0.142. The first kappa shape index (κ1) is 18.9. The Hall–Kier alpha value is -2.88. The van der Waals surface area contributed by atoms with Gasteiger partial charge < -0.3 is 9.32 Å². The molecule has 0 atom stereocenters. The molecular formula is C23H26N2O2. The number of nitrogens with zero attached hydrogens (tertiary/aromatic N) is 2. The van der Waals surface area contributed by atoms with Gasteiger partial charge in [0, 0.05) is 31.5 Å². The summed E-state index contributed by atoms with van der Waals surface area (Å²) in [5.41, 5.74) is 3.46. The number of benzene rings is 2. The molecule has 0 saturated heterocycles. The van der Waals surface area contributed by atoms with Gasteiger partial charge in [-0.3, -0.25) is 4.79 Å². The highest BCUT2D eigenvalue weighted by molar-refractivity contribution is 5.76. The molecule has 27 heavy (non-hydrogen) atoms. The topological polar surface area (TPSA) is 46.3 Å². The molecule has 140 valence electrons. The van der Waals surface area contributed by atoms with Gasteiger partial charge in [-0.1, -0.05) is 60.2 Å². The van der Waals surface area contributed by atoms with E-state index in [1.807, 2.05) is 54.3 Å². The van der Waals surface area contributed by atoms with Gasteiger partial charge in [0.2, 0.25) is 5.91 Å². The number of carbonyl (C=O) groups excluding carboxylic acids is 1. The summed E-state index contributed by atoms with van der Waals surface area (Å²) < 4.78 is 5.82. The van der Waals surface area contributed by atoms with Gasteiger partial charge >= 0.3 is 0 Å². The molecular weight excluding hydrogens is 336 g/mol. The molecule has 3 aromatic rings. The van der Waals surface area contributed by atoms with Gasteiger partial charge in [-0.05, 0) is 25.8 Å². The molecule has 3 rings (SSSR count). The summed E-state index contributed by atoms with van der Waals surface area (Å²) in [7, 11) is 0. The number of aromatic nitrogens is 1. The van der Waals surface area contributed by atoms with E-state index in [9.17, 15) is 4.79 Å². The second-order valence-corrected chi connectivity index (χ2v) is 6.69. The van der Waals surface area contributed by atoms with Gasteiger partial charge in [-0.2, -0.15) is 0 Å². The first-order chi connectivity index (χ1) is 13.2. The molecule has 0 N–H and O–H groups in total. The molecule has 0 spiro atoms. The third kappa shape index (κ3) is 5.30. The van der Waals surface area contributed by atoms with Crippen LogP contribution in [-0.2, 0) is 17.6 Å². The maximum atomic E-state index is 12.5. The van der Waals surface area contributed by atoms with Crippen LogP contribution in [0.5, 0.6) is 0 Å². The number of hydrogen-bond donors (Lipinski definition) is 0. The Kier molecular flexibility index (Phi) is 6.42. The fourth-order valence-corrected chi connectivity index (χ4v) is 3.02. The molecule has 1 aromatic heterocycles. The maximum Gasteiger partial charge on any atom is 0.223 e. The first-order valence-electron chi connectivity index (χ1n) is 9.49. The molecule has 0 radical (unpaired) electrons. The lowest BCUT2D eigenvalue weighted by molar-refractivity contribution is -0.131. The Bertz CT molecular complexity index is 854. The van der Waals surface area contributed by atoms with Crippen LogP contribution in [-0.4, -0.2) is 28.9 Å². The van der Waals surface area contributed by atoms with Gasteiger partial charge in [0.25, 0.3) is 0 Å². The average molecular weight is 362 g/mol. The highest BCUT2D eigenvalue weighted by Crippen LogP contribution is 2.21. The molecule has 4 nitrogen and oxygen atoms in total. The highest BCUT2D eigenvalue weighted by atomic mass is 16.4. The van der Waals surface area contributed by atoms with Crippen LogP contribution in [0.3, 0.4) is 0 Å². The van der Waals surface area contributed by atoms with E-state index in [4.69, 9.17) is 4.42 Å². The summed E-state index contributed by atoms with van der Waals surface area (Å²) >= 11 is 0. The fourth-order valence-electron chi connectivity index (χ4n) is 3.02. The number of oxazole rings is 1. The van der Waals surface area contributed by atoms with E-state index in [0.717, 1.165) is 24.3 Å². The lowest BCUT2D eigenvalue weighted by Crippen LogP contribution is -2.32. The van der Waals surface area contributed by atoms with Crippen LogP contribution in [0.1, 0.15) is 30.4 Å². The summed E-state index contributed by atoms with van der Waals surface area (Å²) in [6, 6.07) is 18.4. The van der Waals surface area contributed by atoms with E-state index in [0.29, 0.717) is 25.3 Å². The van der Waals surface area contributed by atoms with Crippen molar-refractivity contribution >= 4 is 5.91 Å².